The van der Waals surface area contributed by atoms with Crippen LogP contribution in [0, 0.1) is 6.92 Å². The lowest BCUT2D eigenvalue weighted by Crippen LogP contribution is -2.31. The molecule has 0 amide bonds. The summed E-state index contributed by atoms with van der Waals surface area (Å²) in [7, 11) is 0. The van der Waals surface area contributed by atoms with E-state index in [1.807, 2.05) is 48.8 Å². The summed E-state index contributed by atoms with van der Waals surface area (Å²) in [6, 6.07) is 7.91. The molecule has 0 saturated carbocycles. The SMILES string of the molecule is C/C=C(\C=C/CC)n1c(C2CCCN2c2ncnc3[nH]cnc(=O)c23)cc2cccc(C)c2c1=O. The van der Waals surface area contributed by atoms with Crippen molar-refractivity contribution in [3.05, 3.63) is 87.1 Å². The number of aryl methyl sites for hydroxylation is 1. The molecule has 1 N–H and O–H groups in total. The minimum atomic E-state index is -0.369. The second kappa shape index (κ2) is 9.29. The maximum Gasteiger partial charge on any atom is 0.285 e. The average molecular weight is 469 g/mol. The van der Waals surface area contributed by atoms with Gasteiger partial charge in [-0.15, -0.1) is 0 Å². The first kappa shape index (κ1) is 22.7. The Bertz CT molecular complexity index is 1590. The first-order valence-corrected chi connectivity index (χ1v) is 12.0. The molecule has 0 spiro atoms. The number of aromatic amines is 1. The molecule has 4 heterocycles. The standard InChI is InChI=1S/C27H28N6O2/c1-4-6-11-19(5-2)33-21(14-18-10-7-9-17(3)22(18)27(33)35)20-12-8-13-32(20)25-23-24(28-15-30-25)29-16-31-26(23)34/h5-7,9-11,14-16,20H,4,8,12-13H2,1-3H3,(H,28,29,30,31,34)/b11-6-,19-5+. The van der Waals surface area contributed by atoms with Crippen LogP contribution < -0.4 is 16.0 Å². The van der Waals surface area contributed by atoms with Gasteiger partial charge in [-0.3, -0.25) is 14.2 Å². The van der Waals surface area contributed by atoms with E-state index in [2.05, 4.69) is 43.9 Å². The highest BCUT2D eigenvalue weighted by Crippen LogP contribution is 2.38. The smallest absolute Gasteiger partial charge is 0.285 e. The zero-order chi connectivity index (χ0) is 24.5. The molecule has 4 aromatic rings. The Morgan fingerprint density at radius 2 is 2.06 bits per heavy atom. The first-order chi connectivity index (χ1) is 17.0. The van der Waals surface area contributed by atoms with Crippen LogP contribution >= 0.6 is 0 Å². The van der Waals surface area contributed by atoms with Gasteiger partial charge in [0, 0.05) is 17.9 Å². The molecule has 0 radical (unpaired) electrons. The molecule has 1 aliphatic heterocycles. The third-order valence-electron chi connectivity index (χ3n) is 6.65. The quantitative estimate of drug-likeness (QED) is 0.433. The van der Waals surface area contributed by atoms with E-state index in [1.54, 1.807) is 0 Å². The Labute approximate surface area is 202 Å². The molecule has 8 heteroatoms. The Kier molecular flexibility index (Phi) is 6.03. The van der Waals surface area contributed by atoms with Crippen LogP contribution in [0.15, 0.2) is 64.7 Å². The molecule has 0 bridgehead atoms. The number of aromatic nitrogens is 5. The molecule has 178 valence electrons. The van der Waals surface area contributed by atoms with E-state index >= 15 is 0 Å². The second-order valence-corrected chi connectivity index (χ2v) is 8.75. The summed E-state index contributed by atoms with van der Waals surface area (Å²) in [6.07, 6.45) is 11.4. The van der Waals surface area contributed by atoms with Gasteiger partial charge in [-0.25, -0.2) is 9.97 Å². The van der Waals surface area contributed by atoms with Gasteiger partial charge in [0.25, 0.3) is 11.1 Å². The van der Waals surface area contributed by atoms with Crippen LogP contribution in [-0.4, -0.2) is 31.0 Å². The number of pyridine rings is 1. The molecule has 1 saturated heterocycles. The highest BCUT2D eigenvalue weighted by Gasteiger charge is 2.32. The van der Waals surface area contributed by atoms with Gasteiger partial charge in [-0.1, -0.05) is 37.3 Å². The Morgan fingerprint density at radius 1 is 1.20 bits per heavy atom. The number of rotatable bonds is 5. The summed E-state index contributed by atoms with van der Waals surface area (Å²) in [6.45, 7) is 6.70. The maximum atomic E-state index is 14.0. The third-order valence-corrected chi connectivity index (χ3v) is 6.65. The zero-order valence-corrected chi connectivity index (χ0v) is 20.2. The van der Waals surface area contributed by atoms with Crippen LogP contribution in [0.1, 0.15) is 50.4 Å². The molecule has 1 unspecified atom stereocenters. The van der Waals surface area contributed by atoms with Crippen LogP contribution in [0.4, 0.5) is 5.82 Å². The van der Waals surface area contributed by atoms with E-state index in [0.29, 0.717) is 23.4 Å². The van der Waals surface area contributed by atoms with Crippen molar-refractivity contribution in [3.63, 3.8) is 0 Å². The van der Waals surface area contributed by atoms with Crippen LogP contribution in [0.25, 0.3) is 27.5 Å². The Balaban J connectivity index is 1.78. The lowest BCUT2D eigenvalue weighted by atomic mass is 10.0. The number of anilines is 1. The van der Waals surface area contributed by atoms with Crippen molar-refractivity contribution in [1.29, 1.82) is 0 Å². The fourth-order valence-corrected chi connectivity index (χ4v) is 5.05. The molecular formula is C27H28N6O2. The predicted molar refractivity (Wildman–Crippen MR) is 140 cm³/mol. The van der Waals surface area contributed by atoms with Crippen molar-refractivity contribution in [2.24, 2.45) is 0 Å². The summed E-state index contributed by atoms with van der Waals surface area (Å²) in [5, 5.41) is 2.00. The van der Waals surface area contributed by atoms with E-state index in [4.69, 9.17) is 0 Å². The molecule has 1 atom stereocenters. The van der Waals surface area contributed by atoms with Crippen molar-refractivity contribution in [3.8, 4) is 0 Å². The van der Waals surface area contributed by atoms with E-state index in [0.717, 1.165) is 47.0 Å². The van der Waals surface area contributed by atoms with Gasteiger partial charge in [0.1, 0.15) is 23.2 Å². The normalized spacial score (nSPS) is 16.7. The second-order valence-electron chi connectivity index (χ2n) is 8.75. The van der Waals surface area contributed by atoms with Gasteiger partial charge >= 0.3 is 0 Å². The minimum Gasteiger partial charge on any atom is -0.347 e. The number of benzene rings is 1. The van der Waals surface area contributed by atoms with Crippen molar-refractivity contribution in [1.82, 2.24) is 24.5 Å². The first-order valence-electron chi connectivity index (χ1n) is 12.0. The Hall–Kier alpha value is -4.07. The lowest BCUT2D eigenvalue weighted by molar-refractivity contribution is 0.666. The number of nitrogens with zero attached hydrogens (tertiary/aromatic N) is 5. The molecule has 1 aromatic carbocycles. The van der Waals surface area contributed by atoms with Crippen LogP contribution in [0.3, 0.4) is 0 Å². The number of H-pyrrole nitrogens is 1. The van der Waals surface area contributed by atoms with E-state index in [9.17, 15) is 9.59 Å². The summed E-state index contributed by atoms with van der Waals surface area (Å²) >= 11 is 0. The van der Waals surface area contributed by atoms with Gasteiger partial charge in [0.2, 0.25) is 0 Å². The highest BCUT2D eigenvalue weighted by molar-refractivity contribution is 5.88. The zero-order valence-electron chi connectivity index (χ0n) is 20.2. The number of allylic oxidation sites excluding steroid dienone is 4. The Morgan fingerprint density at radius 3 is 2.86 bits per heavy atom. The van der Waals surface area contributed by atoms with Gasteiger partial charge in [-0.2, -0.15) is 4.98 Å². The van der Waals surface area contributed by atoms with Gasteiger partial charge in [-0.05, 0) is 56.2 Å². The average Bonchev–Trinajstić information content (AvgIpc) is 3.35. The number of hydrogen-bond donors (Lipinski definition) is 1. The fourth-order valence-electron chi connectivity index (χ4n) is 5.05. The molecule has 35 heavy (non-hydrogen) atoms. The molecule has 1 fully saturated rings. The summed E-state index contributed by atoms with van der Waals surface area (Å²) in [4.78, 5) is 44.4. The highest BCUT2D eigenvalue weighted by atomic mass is 16.1. The minimum absolute atomic E-state index is 0.0386. The van der Waals surface area contributed by atoms with E-state index < -0.39 is 0 Å². The van der Waals surface area contributed by atoms with Gasteiger partial charge in [0.15, 0.2) is 0 Å². The summed E-state index contributed by atoms with van der Waals surface area (Å²) in [5.74, 6) is 0.543. The van der Waals surface area contributed by atoms with Gasteiger partial charge < -0.3 is 9.88 Å². The summed E-state index contributed by atoms with van der Waals surface area (Å²) < 4.78 is 1.83. The molecule has 1 aliphatic rings. The van der Waals surface area contributed by atoms with E-state index in [-0.39, 0.29) is 17.2 Å². The van der Waals surface area contributed by atoms with Crippen molar-refractivity contribution in [2.45, 2.75) is 46.1 Å². The third kappa shape index (κ3) is 3.84. The largest absolute Gasteiger partial charge is 0.347 e. The van der Waals surface area contributed by atoms with Crippen LogP contribution in [0.2, 0.25) is 0 Å². The lowest BCUT2D eigenvalue weighted by Gasteiger charge is -2.29. The molecule has 8 nitrogen and oxygen atoms in total. The molecule has 5 rings (SSSR count). The summed E-state index contributed by atoms with van der Waals surface area (Å²) in [5.41, 5.74) is 2.70. The number of hydrogen-bond acceptors (Lipinski definition) is 6. The molecule has 3 aromatic heterocycles. The molecular weight excluding hydrogens is 440 g/mol. The molecule has 0 aliphatic carbocycles. The van der Waals surface area contributed by atoms with Crippen molar-refractivity contribution < 1.29 is 0 Å². The van der Waals surface area contributed by atoms with Crippen molar-refractivity contribution in [2.75, 3.05) is 11.4 Å². The van der Waals surface area contributed by atoms with Gasteiger partial charge in [0.05, 0.1) is 17.8 Å². The number of fused-ring (bicyclic) bond motifs is 2. The number of nitrogens with one attached hydrogen (secondary N) is 1. The topological polar surface area (TPSA) is 96.8 Å². The van der Waals surface area contributed by atoms with E-state index in [1.165, 1.54) is 12.7 Å². The van der Waals surface area contributed by atoms with Crippen LogP contribution in [0.5, 0.6) is 0 Å². The fraction of sp³-hybridized carbons (Fsp3) is 0.296. The van der Waals surface area contributed by atoms with Crippen LogP contribution in [-0.2, 0) is 0 Å². The predicted octanol–water partition coefficient (Wildman–Crippen LogP) is 4.50. The monoisotopic (exact) mass is 468 g/mol. The van der Waals surface area contributed by atoms with Crippen molar-refractivity contribution >= 4 is 33.3 Å². The maximum absolute atomic E-state index is 14.0.